The van der Waals surface area contributed by atoms with Crippen LogP contribution in [0.15, 0.2) is 54.6 Å². The zero-order valence-electron chi connectivity index (χ0n) is 13.1. The van der Waals surface area contributed by atoms with Gasteiger partial charge in [0.25, 0.3) is 5.69 Å². The van der Waals surface area contributed by atoms with Gasteiger partial charge in [0.05, 0.1) is 11.3 Å². The predicted molar refractivity (Wildman–Crippen MR) is 88.2 cm³/mol. The van der Waals surface area contributed by atoms with Crippen molar-refractivity contribution in [2.24, 2.45) is 5.92 Å². The van der Waals surface area contributed by atoms with Crippen LogP contribution in [-0.4, -0.2) is 22.6 Å². The summed E-state index contributed by atoms with van der Waals surface area (Å²) in [6.07, 6.45) is 0.551. The van der Waals surface area contributed by atoms with Crippen molar-refractivity contribution in [1.82, 2.24) is 0 Å². The van der Waals surface area contributed by atoms with Crippen molar-refractivity contribution in [1.29, 1.82) is 0 Å². The molecule has 1 N–H and O–H groups in total. The number of nitrogens with zero attached hydrogens (tertiary/aromatic N) is 1. The Bertz CT molecular complexity index is 670. The second-order valence-electron chi connectivity index (χ2n) is 5.53. The normalized spacial score (nSPS) is 11.7. The van der Waals surface area contributed by atoms with Gasteiger partial charge in [-0.25, -0.2) is 0 Å². The summed E-state index contributed by atoms with van der Waals surface area (Å²) in [5, 5.41) is 20.1. The number of nitro groups is 1. The lowest BCUT2D eigenvalue weighted by atomic mass is 9.97. The molecule has 0 radical (unpaired) electrons. The van der Waals surface area contributed by atoms with Crippen LogP contribution in [0.4, 0.5) is 5.69 Å². The Morgan fingerprint density at radius 3 is 2.33 bits per heavy atom. The fraction of sp³-hybridized carbons (Fsp3) is 0.278. The van der Waals surface area contributed by atoms with Gasteiger partial charge in [0.2, 0.25) is 0 Å². The van der Waals surface area contributed by atoms with Crippen molar-refractivity contribution in [3.63, 3.8) is 0 Å². The SMILES string of the molecule is O=C(C[C@H](CO)Cc1ccc([N+](=O)[O-])cc1)OCc1ccccc1. The van der Waals surface area contributed by atoms with Crippen molar-refractivity contribution in [2.75, 3.05) is 6.61 Å². The number of ether oxygens (including phenoxy) is 1. The minimum Gasteiger partial charge on any atom is -0.461 e. The molecule has 1 atom stereocenters. The zero-order chi connectivity index (χ0) is 17.4. The summed E-state index contributed by atoms with van der Waals surface area (Å²) in [5.41, 5.74) is 1.75. The van der Waals surface area contributed by atoms with Crippen LogP contribution in [-0.2, 0) is 22.6 Å². The van der Waals surface area contributed by atoms with E-state index in [1.807, 2.05) is 30.3 Å². The average Bonchev–Trinajstić information content (AvgIpc) is 2.60. The van der Waals surface area contributed by atoms with E-state index in [9.17, 15) is 20.0 Å². The monoisotopic (exact) mass is 329 g/mol. The number of non-ortho nitro benzene ring substituents is 1. The van der Waals surface area contributed by atoms with E-state index >= 15 is 0 Å². The highest BCUT2D eigenvalue weighted by atomic mass is 16.6. The quantitative estimate of drug-likeness (QED) is 0.457. The molecular weight excluding hydrogens is 310 g/mol. The lowest BCUT2D eigenvalue weighted by Crippen LogP contribution is -2.17. The smallest absolute Gasteiger partial charge is 0.306 e. The van der Waals surface area contributed by atoms with Crippen molar-refractivity contribution in [3.05, 3.63) is 75.8 Å². The summed E-state index contributed by atoms with van der Waals surface area (Å²) in [6.45, 7) is 0.0484. The number of carbonyl (C=O) groups is 1. The van der Waals surface area contributed by atoms with Gasteiger partial charge in [0, 0.05) is 18.7 Å². The number of benzene rings is 2. The highest BCUT2D eigenvalue weighted by Crippen LogP contribution is 2.17. The number of rotatable bonds is 8. The molecule has 6 heteroatoms. The minimum absolute atomic E-state index is 0.0153. The van der Waals surface area contributed by atoms with Gasteiger partial charge in [0.15, 0.2) is 0 Å². The molecule has 0 bridgehead atoms. The fourth-order valence-electron chi connectivity index (χ4n) is 2.32. The molecule has 0 unspecified atom stereocenters. The van der Waals surface area contributed by atoms with Crippen molar-refractivity contribution in [3.8, 4) is 0 Å². The molecule has 0 aromatic heterocycles. The maximum absolute atomic E-state index is 11.9. The Morgan fingerprint density at radius 2 is 1.75 bits per heavy atom. The molecule has 0 heterocycles. The highest BCUT2D eigenvalue weighted by molar-refractivity contribution is 5.69. The second-order valence-corrected chi connectivity index (χ2v) is 5.53. The van der Waals surface area contributed by atoms with Gasteiger partial charge in [-0.1, -0.05) is 42.5 Å². The molecule has 0 saturated heterocycles. The van der Waals surface area contributed by atoms with Crippen LogP contribution in [0.5, 0.6) is 0 Å². The Labute approximate surface area is 139 Å². The molecule has 0 saturated carbocycles. The van der Waals surface area contributed by atoms with E-state index < -0.39 is 4.92 Å². The Morgan fingerprint density at radius 1 is 1.08 bits per heavy atom. The van der Waals surface area contributed by atoms with Gasteiger partial charge in [-0.3, -0.25) is 14.9 Å². The summed E-state index contributed by atoms with van der Waals surface area (Å²) >= 11 is 0. The summed E-state index contributed by atoms with van der Waals surface area (Å²) in [5.74, 6) is -0.658. The number of aliphatic hydroxyl groups excluding tert-OH is 1. The van der Waals surface area contributed by atoms with Gasteiger partial charge < -0.3 is 9.84 Å². The maximum atomic E-state index is 11.9. The molecule has 0 aliphatic rings. The van der Waals surface area contributed by atoms with Crippen LogP contribution in [0.25, 0.3) is 0 Å². The highest BCUT2D eigenvalue weighted by Gasteiger charge is 2.16. The molecule has 0 fully saturated rings. The zero-order valence-corrected chi connectivity index (χ0v) is 13.1. The Hall–Kier alpha value is -2.73. The summed E-state index contributed by atoms with van der Waals surface area (Å²) in [4.78, 5) is 22.1. The summed E-state index contributed by atoms with van der Waals surface area (Å²) in [7, 11) is 0. The number of carbonyl (C=O) groups excluding carboxylic acids is 1. The standard InChI is InChI=1S/C18H19NO5/c20-12-16(10-14-6-8-17(9-7-14)19(22)23)11-18(21)24-13-15-4-2-1-3-5-15/h1-9,16,20H,10-13H2/t16-/m1/s1. The Kier molecular flexibility index (Phi) is 6.45. The average molecular weight is 329 g/mol. The van der Waals surface area contributed by atoms with Gasteiger partial charge in [-0.2, -0.15) is 0 Å². The van der Waals surface area contributed by atoms with Crippen LogP contribution in [0.2, 0.25) is 0 Å². The maximum Gasteiger partial charge on any atom is 0.306 e. The lowest BCUT2D eigenvalue weighted by Gasteiger charge is -2.13. The van der Waals surface area contributed by atoms with E-state index in [1.54, 1.807) is 12.1 Å². The third-order valence-corrected chi connectivity index (χ3v) is 3.63. The van der Waals surface area contributed by atoms with E-state index in [0.717, 1.165) is 11.1 Å². The van der Waals surface area contributed by atoms with Crippen LogP contribution in [0.1, 0.15) is 17.5 Å². The van der Waals surface area contributed by atoms with E-state index in [-0.39, 0.29) is 37.2 Å². The lowest BCUT2D eigenvalue weighted by molar-refractivity contribution is -0.384. The number of nitro benzene ring substituents is 1. The summed E-state index contributed by atoms with van der Waals surface area (Å²) < 4.78 is 5.21. The minimum atomic E-state index is -0.464. The van der Waals surface area contributed by atoms with E-state index in [4.69, 9.17) is 4.74 Å². The number of aliphatic hydroxyl groups is 1. The molecule has 2 aromatic carbocycles. The molecule has 6 nitrogen and oxygen atoms in total. The molecular formula is C18H19NO5. The molecule has 126 valence electrons. The molecule has 0 spiro atoms. The Balaban J connectivity index is 1.84. The second kappa shape index (κ2) is 8.79. The van der Waals surface area contributed by atoms with Gasteiger partial charge in [0.1, 0.15) is 6.61 Å². The molecule has 0 aliphatic carbocycles. The van der Waals surface area contributed by atoms with Crippen molar-refractivity contribution in [2.45, 2.75) is 19.4 Å². The van der Waals surface area contributed by atoms with Gasteiger partial charge in [-0.05, 0) is 23.5 Å². The van der Waals surface area contributed by atoms with Crippen LogP contribution < -0.4 is 0 Å². The first-order valence-electron chi connectivity index (χ1n) is 7.62. The molecule has 0 amide bonds. The third kappa shape index (κ3) is 5.48. The first-order valence-corrected chi connectivity index (χ1v) is 7.62. The van der Waals surface area contributed by atoms with Crippen molar-refractivity contribution >= 4 is 11.7 Å². The molecule has 0 aliphatic heterocycles. The van der Waals surface area contributed by atoms with Gasteiger partial charge in [-0.15, -0.1) is 0 Å². The largest absolute Gasteiger partial charge is 0.461 e. The van der Waals surface area contributed by atoms with E-state index in [2.05, 4.69) is 0 Å². The third-order valence-electron chi connectivity index (χ3n) is 3.63. The predicted octanol–water partition coefficient (Wildman–Crippen LogP) is 2.88. The van der Waals surface area contributed by atoms with Crippen LogP contribution >= 0.6 is 0 Å². The number of esters is 1. The number of hydrogen-bond acceptors (Lipinski definition) is 5. The van der Waals surface area contributed by atoms with Crippen molar-refractivity contribution < 1.29 is 19.6 Å². The molecule has 2 rings (SSSR count). The van der Waals surface area contributed by atoms with E-state index in [0.29, 0.717) is 6.42 Å². The van der Waals surface area contributed by atoms with Crippen LogP contribution in [0.3, 0.4) is 0 Å². The first kappa shape index (κ1) is 17.6. The van der Waals surface area contributed by atoms with E-state index in [1.165, 1.54) is 12.1 Å². The fourth-order valence-corrected chi connectivity index (χ4v) is 2.32. The van der Waals surface area contributed by atoms with Crippen LogP contribution in [0, 0.1) is 16.0 Å². The molecule has 2 aromatic rings. The number of hydrogen-bond donors (Lipinski definition) is 1. The summed E-state index contributed by atoms with van der Waals surface area (Å²) in [6, 6.07) is 15.5. The topological polar surface area (TPSA) is 89.7 Å². The van der Waals surface area contributed by atoms with Gasteiger partial charge >= 0.3 is 5.97 Å². The molecule has 24 heavy (non-hydrogen) atoms. The first-order chi connectivity index (χ1) is 11.6.